The lowest BCUT2D eigenvalue weighted by Gasteiger charge is -2.36. The normalized spacial score (nSPS) is 16.1. The topological polar surface area (TPSA) is 232 Å². The molecule has 5 aromatic rings. The molecule has 0 saturated carbocycles. The van der Waals surface area contributed by atoms with E-state index in [2.05, 4.69) is 47.2 Å². The van der Waals surface area contributed by atoms with Crippen LogP contribution in [0.5, 0.6) is 5.75 Å². The van der Waals surface area contributed by atoms with Gasteiger partial charge in [0.2, 0.25) is 17.7 Å². The van der Waals surface area contributed by atoms with Gasteiger partial charge in [0.1, 0.15) is 23.3 Å². The van der Waals surface area contributed by atoms with E-state index in [9.17, 15) is 38.4 Å². The number of benzene rings is 3. The number of pyridine rings is 1. The molecule has 18 nitrogen and oxygen atoms in total. The van der Waals surface area contributed by atoms with Crippen LogP contribution in [0.15, 0.2) is 85.3 Å². The highest BCUT2D eigenvalue weighted by atomic mass is 19.1. The Balaban J connectivity index is 0.877. The van der Waals surface area contributed by atoms with Crippen molar-refractivity contribution in [1.29, 1.82) is 5.26 Å². The van der Waals surface area contributed by atoms with Crippen LogP contribution in [0.1, 0.15) is 56.0 Å². The van der Waals surface area contributed by atoms with E-state index in [4.69, 9.17) is 4.74 Å². The van der Waals surface area contributed by atoms with E-state index in [0.717, 1.165) is 4.90 Å². The summed E-state index contributed by atoms with van der Waals surface area (Å²) in [4.78, 5) is 95.3. The summed E-state index contributed by atoms with van der Waals surface area (Å²) in [6.45, 7) is 2.89. The average Bonchev–Trinajstić information content (AvgIpc) is 3.57. The number of hydrogen-bond acceptors (Lipinski definition) is 14. The molecule has 3 aliphatic rings. The molecule has 2 saturated heterocycles. The number of piperazine rings is 1. The molecular formula is C46H42FN11O7. The minimum atomic E-state index is -1.06. The first-order chi connectivity index (χ1) is 31.5. The number of piperidine rings is 1. The van der Waals surface area contributed by atoms with E-state index in [1.54, 1.807) is 48.8 Å². The Hall–Kier alpha value is -8.11. The highest BCUT2D eigenvalue weighted by molar-refractivity contribution is 6.25. The first-order valence-electron chi connectivity index (χ1n) is 20.8. The summed E-state index contributed by atoms with van der Waals surface area (Å²) >= 11 is 0. The summed E-state index contributed by atoms with van der Waals surface area (Å²) in [7, 11) is 1.40. The minimum Gasteiger partial charge on any atom is -0.496 e. The molecule has 19 heteroatoms. The predicted molar refractivity (Wildman–Crippen MR) is 234 cm³/mol. The second-order valence-corrected chi connectivity index (χ2v) is 15.4. The molecule has 0 bridgehead atoms. The van der Waals surface area contributed by atoms with Gasteiger partial charge in [0.05, 0.1) is 53.4 Å². The smallest absolute Gasteiger partial charge is 0.274 e. The number of nitriles is 1. The van der Waals surface area contributed by atoms with Crippen molar-refractivity contribution in [3.8, 4) is 34.3 Å². The molecule has 3 aromatic carbocycles. The number of ether oxygens (including phenoxy) is 1. The quantitative estimate of drug-likeness (QED) is 0.0923. The second kappa shape index (κ2) is 19.1. The van der Waals surface area contributed by atoms with Crippen LogP contribution < -0.4 is 30.9 Å². The number of hydrogen-bond donors (Lipinski definition) is 4. The molecule has 0 aliphatic carbocycles. The SMILES string of the molecule is COc1cccc(F)c1-c1nccc(C(=O)Nc2ccc(-c3cnccc3C#N)cc2N2CCN(CC(=O)NCCCNc3cccc4c3C(=O)N(C3CCC(=O)NC3=O)C4=O)CC2)n1. The number of fused-ring (bicyclic) bond motifs is 1. The van der Waals surface area contributed by atoms with Crippen LogP contribution in [-0.4, -0.2) is 119 Å². The van der Waals surface area contributed by atoms with E-state index in [0.29, 0.717) is 79.4 Å². The minimum absolute atomic E-state index is 0.00509. The standard InChI is InChI=1S/C46H42FN11O7/c1-65-37-8-3-6-31(47)41(37)42-52-18-14-34(53-42)43(61)54-32-10-9-27(30-25-49-17-13-28(30)24-48)23-36(32)57-21-19-56(20-22-57)26-39(60)51-16-4-15-50-33-7-2-5-29-40(33)46(64)58(45(29)63)35-11-12-38(59)55-44(35)62/h2-3,5-10,13-14,17-18,23,25,35,50H,4,11-12,15-16,19-22,26H2,1H3,(H,51,60)(H,54,61)(H,55,59,62). The summed E-state index contributed by atoms with van der Waals surface area (Å²) in [5.41, 5.74) is 3.68. The molecule has 1 unspecified atom stereocenters. The Morgan fingerprint density at radius 2 is 1.74 bits per heavy atom. The van der Waals surface area contributed by atoms with E-state index in [1.807, 2.05) is 11.0 Å². The molecule has 2 aromatic heterocycles. The number of carbonyl (C=O) groups excluding carboxylic acids is 6. The number of rotatable bonds is 14. The van der Waals surface area contributed by atoms with E-state index < -0.39 is 41.4 Å². The summed E-state index contributed by atoms with van der Waals surface area (Å²) < 4.78 is 20.2. The van der Waals surface area contributed by atoms with Gasteiger partial charge < -0.3 is 25.6 Å². The first kappa shape index (κ1) is 43.5. The second-order valence-electron chi connectivity index (χ2n) is 15.4. The summed E-state index contributed by atoms with van der Waals surface area (Å²) in [6.07, 6.45) is 5.11. The number of imide groups is 2. The van der Waals surface area contributed by atoms with Gasteiger partial charge in [-0.15, -0.1) is 0 Å². The third kappa shape index (κ3) is 9.19. The molecule has 3 aliphatic heterocycles. The van der Waals surface area contributed by atoms with E-state index in [-0.39, 0.29) is 59.3 Å². The molecule has 8 rings (SSSR count). The lowest BCUT2D eigenvalue weighted by Crippen LogP contribution is -2.54. The molecule has 1 atom stereocenters. The fraction of sp³-hybridized carbons (Fsp3) is 0.261. The molecule has 4 N–H and O–H groups in total. The zero-order valence-corrected chi connectivity index (χ0v) is 35.1. The van der Waals surface area contributed by atoms with Crippen LogP contribution in [0, 0.1) is 17.1 Å². The Kier molecular flexibility index (Phi) is 12.8. The third-order valence-corrected chi connectivity index (χ3v) is 11.3. The monoisotopic (exact) mass is 879 g/mol. The molecule has 5 heterocycles. The van der Waals surface area contributed by atoms with Crippen molar-refractivity contribution in [3.63, 3.8) is 0 Å². The van der Waals surface area contributed by atoms with Crippen LogP contribution in [0.25, 0.3) is 22.5 Å². The number of aromatic nitrogens is 3. The fourth-order valence-electron chi connectivity index (χ4n) is 8.08. The number of nitrogens with zero attached hydrogens (tertiary/aromatic N) is 7. The van der Waals surface area contributed by atoms with Gasteiger partial charge in [-0.3, -0.25) is 48.9 Å². The lowest BCUT2D eigenvalue weighted by molar-refractivity contribution is -0.136. The highest BCUT2D eigenvalue weighted by Crippen LogP contribution is 2.36. The number of methoxy groups -OCH3 is 1. The average molecular weight is 880 g/mol. The van der Waals surface area contributed by atoms with Crippen LogP contribution in [0.4, 0.5) is 21.5 Å². The lowest BCUT2D eigenvalue weighted by atomic mass is 10.0. The van der Waals surface area contributed by atoms with Gasteiger partial charge in [-0.05, 0) is 66.9 Å². The first-order valence-corrected chi connectivity index (χ1v) is 20.8. The van der Waals surface area contributed by atoms with Gasteiger partial charge in [0.25, 0.3) is 17.7 Å². The van der Waals surface area contributed by atoms with Gasteiger partial charge in [-0.2, -0.15) is 5.26 Å². The Morgan fingerprint density at radius 1 is 0.923 bits per heavy atom. The highest BCUT2D eigenvalue weighted by Gasteiger charge is 2.45. The zero-order chi connectivity index (χ0) is 45.6. The molecule has 330 valence electrons. The van der Waals surface area contributed by atoms with Gasteiger partial charge in [0.15, 0.2) is 5.82 Å². The molecule has 0 radical (unpaired) electrons. The Bertz CT molecular complexity index is 2770. The van der Waals surface area contributed by atoms with Crippen molar-refractivity contribution >= 4 is 52.5 Å². The molecule has 65 heavy (non-hydrogen) atoms. The van der Waals surface area contributed by atoms with E-state index in [1.165, 1.54) is 37.6 Å². The van der Waals surface area contributed by atoms with E-state index >= 15 is 0 Å². The van der Waals surface area contributed by atoms with Crippen molar-refractivity contribution in [2.75, 3.05) is 68.5 Å². The Labute approximate surface area is 371 Å². The van der Waals surface area contributed by atoms with Crippen molar-refractivity contribution in [1.82, 2.24) is 35.4 Å². The zero-order valence-electron chi connectivity index (χ0n) is 35.1. The molecular weight excluding hydrogens is 838 g/mol. The summed E-state index contributed by atoms with van der Waals surface area (Å²) in [6, 6.07) is 18.8. The van der Waals surface area contributed by atoms with Gasteiger partial charge in [-0.25, -0.2) is 14.4 Å². The molecule has 6 amide bonds. The number of anilines is 3. The third-order valence-electron chi connectivity index (χ3n) is 11.3. The number of amides is 6. The van der Waals surface area contributed by atoms with Crippen LogP contribution >= 0.6 is 0 Å². The van der Waals surface area contributed by atoms with Crippen molar-refractivity contribution in [3.05, 3.63) is 114 Å². The number of carbonyl (C=O) groups is 6. The fourth-order valence-corrected chi connectivity index (χ4v) is 8.08. The molecule has 0 spiro atoms. The summed E-state index contributed by atoms with van der Waals surface area (Å²) in [5.74, 6) is -3.46. The largest absolute Gasteiger partial charge is 0.496 e. The van der Waals surface area contributed by atoms with Crippen LogP contribution in [-0.2, 0) is 14.4 Å². The van der Waals surface area contributed by atoms with Crippen molar-refractivity contribution in [2.45, 2.75) is 25.3 Å². The van der Waals surface area contributed by atoms with Gasteiger partial charge in [-0.1, -0.05) is 18.2 Å². The maximum Gasteiger partial charge on any atom is 0.274 e. The number of nitrogens with one attached hydrogen (secondary N) is 4. The Morgan fingerprint density at radius 3 is 2.52 bits per heavy atom. The number of halogens is 1. The maximum absolute atomic E-state index is 14.9. The predicted octanol–water partition coefficient (Wildman–Crippen LogP) is 3.62. The van der Waals surface area contributed by atoms with Crippen molar-refractivity contribution in [2.24, 2.45) is 0 Å². The van der Waals surface area contributed by atoms with Crippen LogP contribution in [0.3, 0.4) is 0 Å². The van der Waals surface area contributed by atoms with Gasteiger partial charge >= 0.3 is 0 Å². The maximum atomic E-state index is 14.9. The molecule has 2 fully saturated rings. The van der Waals surface area contributed by atoms with Gasteiger partial charge in [0, 0.05) is 75.5 Å². The van der Waals surface area contributed by atoms with Crippen LogP contribution in [0.2, 0.25) is 0 Å². The summed E-state index contributed by atoms with van der Waals surface area (Å²) in [5, 5.41) is 21.1. The van der Waals surface area contributed by atoms with Crippen molar-refractivity contribution < 1.29 is 37.9 Å².